The lowest BCUT2D eigenvalue weighted by molar-refractivity contribution is 0.114. The third-order valence-corrected chi connectivity index (χ3v) is 8.90. The molecular formula is C26H27N5O5S2. The van der Waals surface area contributed by atoms with Crippen LogP contribution in [-0.2, 0) is 24.8 Å². The molecule has 0 aliphatic carbocycles. The number of aryl methyl sites for hydroxylation is 1. The normalized spacial score (nSPS) is 16.1. The van der Waals surface area contributed by atoms with E-state index in [1.54, 1.807) is 31.2 Å². The summed E-state index contributed by atoms with van der Waals surface area (Å²) in [5.41, 5.74) is 2.37. The number of benzene rings is 3. The van der Waals surface area contributed by atoms with E-state index in [1.807, 2.05) is 30.3 Å². The van der Waals surface area contributed by atoms with E-state index in [0.717, 1.165) is 23.6 Å². The minimum atomic E-state index is -3.80. The first-order valence-electron chi connectivity index (χ1n) is 12.0. The lowest BCUT2D eigenvalue weighted by Gasteiger charge is -2.15. The molecule has 1 unspecified atom stereocenters. The molecule has 10 nitrogen and oxygen atoms in total. The van der Waals surface area contributed by atoms with Crippen LogP contribution in [0.25, 0.3) is 22.0 Å². The van der Waals surface area contributed by atoms with Crippen molar-refractivity contribution in [3.8, 4) is 11.3 Å². The second-order valence-corrected chi connectivity index (χ2v) is 12.4. The van der Waals surface area contributed by atoms with Crippen molar-refractivity contribution in [2.75, 3.05) is 18.5 Å². The van der Waals surface area contributed by atoms with Crippen LogP contribution in [0.1, 0.15) is 18.4 Å². The maximum absolute atomic E-state index is 13.1. The molecule has 5 rings (SSSR count). The number of rotatable bonds is 8. The fourth-order valence-corrected chi connectivity index (χ4v) is 6.25. The zero-order valence-corrected chi connectivity index (χ0v) is 22.2. The van der Waals surface area contributed by atoms with Crippen LogP contribution < -0.4 is 15.2 Å². The number of nitrogens with two attached hydrogens (primary N) is 1. The number of fused-ring (bicyclic) bond motifs is 1. The van der Waals surface area contributed by atoms with Gasteiger partial charge in [-0.05, 0) is 55.7 Å². The summed E-state index contributed by atoms with van der Waals surface area (Å²) in [6.45, 7) is 2.63. The summed E-state index contributed by atoms with van der Waals surface area (Å²) in [4.78, 5) is 0.181. The van der Waals surface area contributed by atoms with Gasteiger partial charge in [0, 0.05) is 35.2 Å². The van der Waals surface area contributed by atoms with Gasteiger partial charge < -0.3 is 10.1 Å². The van der Waals surface area contributed by atoms with Crippen LogP contribution in [0, 0.1) is 6.92 Å². The summed E-state index contributed by atoms with van der Waals surface area (Å²) < 4.78 is 57.6. The van der Waals surface area contributed by atoms with Gasteiger partial charge in [0.05, 0.1) is 15.9 Å². The summed E-state index contributed by atoms with van der Waals surface area (Å²) in [5.74, 6) is 0.464. The molecule has 1 fully saturated rings. The van der Waals surface area contributed by atoms with Crippen LogP contribution in [0.4, 0.5) is 11.5 Å². The first-order chi connectivity index (χ1) is 18.1. The van der Waals surface area contributed by atoms with Crippen molar-refractivity contribution in [2.24, 2.45) is 5.14 Å². The van der Waals surface area contributed by atoms with Crippen molar-refractivity contribution in [1.82, 2.24) is 14.9 Å². The van der Waals surface area contributed by atoms with Crippen molar-refractivity contribution in [1.29, 1.82) is 0 Å². The molecule has 0 amide bonds. The number of nitrogens with one attached hydrogen (secondary N) is 2. The Hall–Kier alpha value is -3.42. The SMILES string of the molecule is Cc1ccc(-c2nnc(Nc3ccc(S(N)(=O)=O)cc3)c3ccccc23)cc1S(=O)(=O)NCC1CCCO1. The van der Waals surface area contributed by atoms with Crippen LogP contribution in [0.5, 0.6) is 0 Å². The Balaban J connectivity index is 1.48. The Morgan fingerprint density at radius 1 is 0.974 bits per heavy atom. The van der Waals surface area contributed by atoms with Crippen LogP contribution in [0.15, 0.2) is 76.5 Å². The van der Waals surface area contributed by atoms with Gasteiger partial charge in [-0.3, -0.25) is 0 Å². The molecule has 3 aromatic carbocycles. The molecule has 0 radical (unpaired) electrons. The molecule has 4 N–H and O–H groups in total. The smallest absolute Gasteiger partial charge is 0.240 e. The first-order valence-corrected chi connectivity index (χ1v) is 15.0. The number of primary sulfonamides is 1. The molecule has 198 valence electrons. The Kier molecular flexibility index (Phi) is 7.16. The molecule has 0 bridgehead atoms. The number of hydrogen-bond donors (Lipinski definition) is 3. The summed E-state index contributed by atoms with van der Waals surface area (Å²) >= 11 is 0. The highest BCUT2D eigenvalue weighted by atomic mass is 32.2. The highest BCUT2D eigenvalue weighted by Gasteiger charge is 2.23. The maximum atomic E-state index is 13.1. The number of sulfonamides is 2. The summed E-state index contributed by atoms with van der Waals surface area (Å²) in [6, 6.07) is 18.7. The van der Waals surface area contributed by atoms with Crippen LogP contribution in [0.3, 0.4) is 0 Å². The van der Waals surface area contributed by atoms with E-state index in [4.69, 9.17) is 9.88 Å². The van der Waals surface area contributed by atoms with Gasteiger partial charge in [-0.15, -0.1) is 10.2 Å². The number of hydrogen-bond acceptors (Lipinski definition) is 8. The van der Waals surface area contributed by atoms with Gasteiger partial charge in [-0.1, -0.05) is 36.4 Å². The summed E-state index contributed by atoms with van der Waals surface area (Å²) in [5, 5.41) is 18.7. The van der Waals surface area contributed by atoms with Crippen molar-refractivity contribution in [3.05, 3.63) is 72.3 Å². The molecule has 1 aliphatic heterocycles. The molecule has 0 saturated carbocycles. The van der Waals surface area contributed by atoms with E-state index in [1.165, 1.54) is 12.1 Å². The number of ether oxygens (including phenoxy) is 1. The van der Waals surface area contributed by atoms with Crippen LogP contribution >= 0.6 is 0 Å². The number of nitrogens with zero attached hydrogens (tertiary/aromatic N) is 2. The highest BCUT2D eigenvalue weighted by molar-refractivity contribution is 7.89. The van der Waals surface area contributed by atoms with Gasteiger partial charge in [0.2, 0.25) is 20.0 Å². The average molecular weight is 554 g/mol. The fraction of sp³-hybridized carbons (Fsp3) is 0.231. The zero-order valence-electron chi connectivity index (χ0n) is 20.6. The zero-order chi connectivity index (χ0) is 26.9. The summed E-state index contributed by atoms with van der Waals surface area (Å²) in [7, 11) is -7.57. The molecule has 1 aromatic heterocycles. The minimum absolute atomic E-state index is 0.00438. The van der Waals surface area contributed by atoms with Crippen molar-refractivity contribution < 1.29 is 21.6 Å². The quantitative estimate of drug-likeness (QED) is 0.300. The summed E-state index contributed by atoms with van der Waals surface area (Å²) in [6.07, 6.45) is 1.65. The van der Waals surface area contributed by atoms with Crippen molar-refractivity contribution in [2.45, 2.75) is 35.7 Å². The largest absolute Gasteiger partial charge is 0.377 e. The molecule has 38 heavy (non-hydrogen) atoms. The Morgan fingerprint density at radius 2 is 1.71 bits per heavy atom. The highest BCUT2D eigenvalue weighted by Crippen LogP contribution is 2.33. The topological polar surface area (TPSA) is 153 Å². The molecule has 1 atom stereocenters. The van der Waals surface area contributed by atoms with Gasteiger partial charge in [0.1, 0.15) is 5.69 Å². The Bertz CT molecular complexity index is 1700. The third kappa shape index (κ3) is 5.54. The third-order valence-electron chi connectivity index (χ3n) is 6.41. The van der Waals surface area contributed by atoms with Crippen molar-refractivity contribution >= 4 is 42.3 Å². The standard InChI is InChI=1S/C26H27N5O5S2/c1-17-8-9-18(15-24(17)38(34,35)28-16-20-5-4-14-36-20)25-22-6-2-3-7-23(22)26(31-30-25)29-19-10-12-21(13-11-19)37(27,32)33/h2-3,6-13,15,20,28H,4-5,14,16H2,1H3,(H,29,31)(H2,27,32,33). The van der Waals surface area contributed by atoms with E-state index in [-0.39, 0.29) is 22.4 Å². The molecule has 4 aromatic rings. The molecule has 12 heteroatoms. The van der Waals surface area contributed by atoms with E-state index < -0.39 is 20.0 Å². The predicted molar refractivity (Wildman–Crippen MR) is 145 cm³/mol. The Morgan fingerprint density at radius 3 is 2.39 bits per heavy atom. The van der Waals surface area contributed by atoms with Crippen molar-refractivity contribution in [3.63, 3.8) is 0 Å². The average Bonchev–Trinajstić information content (AvgIpc) is 3.42. The molecule has 1 aliphatic rings. The van der Waals surface area contributed by atoms with Gasteiger partial charge in [0.15, 0.2) is 5.82 Å². The van der Waals surface area contributed by atoms with Gasteiger partial charge >= 0.3 is 0 Å². The first kappa shape index (κ1) is 26.2. The van der Waals surface area contributed by atoms with E-state index in [9.17, 15) is 16.8 Å². The monoisotopic (exact) mass is 553 g/mol. The number of aromatic nitrogens is 2. The van der Waals surface area contributed by atoms with E-state index in [2.05, 4.69) is 20.2 Å². The molecule has 1 saturated heterocycles. The lowest BCUT2D eigenvalue weighted by atomic mass is 10.0. The van der Waals surface area contributed by atoms with Crippen LogP contribution in [0.2, 0.25) is 0 Å². The van der Waals surface area contributed by atoms with Gasteiger partial charge in [-0.25, -0.2) is 26.7 Å². The second kappa shape index (κ2) is 10.4. The minimum Gasteiger partial charge on any atom is -0.377 e. The Labute approximate surface area is 221 Å². The molecule has 2 heterocycles. The maximum Gasteiger partial charge on any atom is 0.240 e. The van der Waals surface area contributed by atoms with Gasteiger partial charge in [-0.2, -0.15) is 0 Å². The molecular weight excluding hydrogens is 526 g/mol. The predicted octanol–water partition coefficient (Wildman–Crippen LogP) is 3.45. The number of anilines is 2. The van der Waals surface area contributed by atoms with E-state index in [0.29, 0.717) is 34.9 Å². The second-order valence-electron chi connectivity index (χ2n) is 9.10. The molecule has 0 spiro atoms. The lowest BCUT2D eigenvalue weighted by Crippen LogP contribution is -2.32. The fourth-order valence-electron chi connectivity index (χ4n) is 4.40. The van der Waals surface area contributed by atoms with Gasteiger partial charge in [0.25, 0.3) is 0 Å². The van der Waals surface area contributed by atoms with E-state index >= 15 is 0 Å². The van der Waals surface area contributed by atoms with Crippen LogP contribution in [-0.4, -0.2) is 46.3 Å².